The smallest absolute Gasteiger partial charge is 0.243 e. The van der Waals surface area contributed by atoms with Gasteiger partial charge in [-0.1, -0.05) is 48.0 Å². The molecule has 1 aliphatic heterocycles. The van der Waals surface area contributed by atoms with Gasteiger partial charge in [0.1, 0.15) is 6.04 Å². The van der Waals surface area contributed by atoms with E-state index < -0.39 is 0 Å². The molecular weight excluding hydrogens is 248 g/mol. The van der Waals surface area contributed by atoms with Crippen LogP contribution in [0, 0.1) is 6.92 Å². The lowest BCUT2D eigenvalue weighted by Gasteiger charge is -2.12. The fourth-order valence-electron chi connectivity index (χ4n) is 2.47. The van der Waals surface area contributed by atoms with Crippen molar-refractivity contribution >= 4 is 11.6 Å². The van der Waals surface area contributed by atoms with Gasteiger partial charge < -0.3 is 10.6 Å². The number of hydrogen-bond donors (Lipinski definition) is 2. The zero-order valence-corrected chi connectivity index (χ0v) is 11.5. The number of carbonyl (C=O) groups excluding carboxylic acids is 1. The molecule has 0 saturated heterocycles. The van der Waals surface area contributed by atoms with Crippen LogP contribution in [0.1, 0.15) is 16.7 Å². The summed E-state index contributed by atoms with van der Waals surface area (Å²) in [5.41, 5.74) is 4.64. The van der Waals surface area contributed by atoms with Crippen molar-refractivity contribution in [1.82, 2.24) is 5.32 Å². The van der Waals surface area contributed by atoms with E-state index in [1.54, 1.807) is 0 Å². The fourth-order valence-corrected chi connectivity index (χ4v) is 2.47. The van der Waals surface area contributed by atoms with Crippen molar-refractivity contribution in [3.05, 3.63) is 65.2 Å². The maximum Gasteiger partial charge on any atom is 0.243 e. The highest BCUT2D eigenvalue weighted by molar-refractivity contribution is 5.87. The summed E-state index contributed by atoms with van der Waals surface area (Å²) in [6.07, 6.45) is 0.760. The first-order valence-corrected chi connectivity index (χ1v) is 6.90. The van der Waals surface area contributed by atoms with Gasteiger partial charge >= 0.3 is 0 Å². The van der Waals surface area contributed by atoms with Gasteiger partial charge in [-0.2, -0.15) is 0 Å². The number of aryl methyl sites for hydroxylation is 1. The summed E-state index contributed by atoms with van der Waals surface area (Å²) < 4.78 is 0. The minimum atomic E-state index is -0.155. The predicted octanol–water partition coefficient (Wildman–Crippen LogP) is 2.65. The van der Waals surface area contributed by atoms with E-state index in [4.69, 9.17) is 0 Å². The zero-order chi connectivity index (χ0) is 13.9. The minimum Gasteiger partial charge on any atom is -0.373 e. The topological polar surface area (TPSA) is 41.1 Å². The van der Waals surface area contributed by atoms with Crippen LogP contribution in [0.5, 0.6) is 0 Å². The van der Waals surface area contributed by atoms with E-state index in [0.717, 1.165) is 17.7 Å². The number of benzene rings is 2. The standard InChI is InChI=1S/C17H18N2O/c1-12-6-8-13(9-7-12)11-18-17(20)16-10-14-4-2-3-5-15(14)19-16/h2-9,16,19H,10-11H2,1H3,(H,18,20). The van der Waals surface area contributed by atoms with Gasteiger partial charge in [-0.05, 0) is 24.1 Å². The minimum absolute atomic E-state index is 0.0572. The van der Waals surface area contributed by atoms with E-state index in [0.29, 0.717) is 6.54 Å². The summed E-state index contributed by atoms with van der Waals surface area (Å²) in [6.45, 7) is 2.63. The first-order chi connectivity index (χ1) is 9.72. The van der Waals surface area contributed by atoms with Crippen molar-refractivity contribution < 1.29 is 4.79 Å². The Labute approximate surface area is 119 Å². The lowest BCUT2D eigenvalue weighted by molar-refractivity contribution is -0.121. The number of carbonyl (C=O) groups is 1. The lowest BCUT2D eigenvalue weighted by atomic mass is 10.1. The van der Waals surface area contributed by atoms with Gasteiger partial charge in [0.2, 0.25) is 5.91 Å². The Morgan fingerprint density at radius 2 is 1.95 bits per heavy atom. The maximum atomic E-state index is 12.2. The number of fused-ring (bicyclic) bond motifs is 1. The van der Waals surface area contributed by atoms with Crippen molar-refractivity contribution in [3.63, 3.8) is 0 Å². The Hall–Kier alpha value is -2.29. The highest BCUT2D eigenvalue weighted by Crippen LogP contribution is 2.25. The molecule has 1 unspecified atom stereocenters. The quantitative estimate of drug-likeness (QED) is 0.896. The van der Waals surface area contributed by atoms with Crippen molar-refractivity contribution in [2.45, 2.75) is 25.9 Å². The van der Waals surface area contributed by atoms with Crippen molar-refractivity contribution in [1.29, 1.82) is 0 Å². The fraction of sp³-hybridized carbons (Fsp3) is 0.235. The van der Waals surface area contributed by atoms with E-state index in [-0.39, 0.29) is 11.9 Å². The second-order valence-electron chi connectivity index (χ2n) is 5.26. The summed E-state index contributed by atoms with van der Waals surface area (Å²) in [4.78, 5) is 12.2. The molecule has 0 saturated carbocycles. The van der Waals surface area contributed by atoms with Crippen LogP contribution in [-0.2, 0) is 17.8 Å². The molecule has 3 nitrogen and oxygen atoms in total. The molecule has 20 heavy (non-hydrogen) atoms. The molecule has 2 aromatic rings. The summed E-state index contributed by atoms with van der Waals surface area (Å²) >= 11 is 0. The molecule has 2 aromatic carbocycles. The highest BCUT2D eigenvalue weighted by Gasteiger charge is 2.25. The molecule has 1 aliphatic rings. The molecule has 0 aliphatic carbocycles. The van der Waals surface area contributed by atoms with Crippen LogP contribution < -0.4 is 10.6 Å². The van der Waals surface area contributed by atoms with E-state index in [9.17, 15) is 4.79 Å². The number of amides is 1. The Kier molecular flexibility index (Phi) is 3.42. The van der Waals surface area contributed by atoms with E-state index in [1.165, 1.54) is 11.1 Å². The van der Waals surface area contributed by atoms with Gasteiger partial charge in [0.25, 0.3) is 0 Å². The Morgan fingerprint density at radius 1 is 1.20 bits per heavy atom. The third kappa shape index (κ3) is 2.67. The average Bonchev–Trinajstić information content (AvgIpc) is 2.90. The molecule has 2 N–H and O–H groups in total. The van der Waals surface area contributed by atoms with Crippen LogP contribution in [0.3, 0.4) is 0 Å². The molecule has 0 radical (unpaired) electrons. The summed E-state index contributed by atoms with van der Waals surface area (Å²) in [7, 11) is 0. The van der Waals surface area contributed by atoms with E-state index in [2.05, 4.69) is 35.8 Å². The second-order valence-corrected chi connectivity index (χ2v) is 5.26. The first-order valence-electron chi connectivity index (χ1n) is 6.90. The van der Waals surface area contributed by atoms with Crippen LogP contribution in [0.25, 0.3) is 0 Å². The summed E-state index contributed by atoms with van der Waals surface area (Å²) in [5.74, 6) is 0.0572. The number of hydrogen-bond acceptors (Lipinski definition) is 2. The van der Waals surface area contributed by atoms with Gasteiger partial charge in [0, 0.05) is 18.7 Å². The SMILES string of the molecule is Cc1ccc(CNC(=O)C2Cc3ccccc3N2)cc1. The Bertz CT molecular complexity index is 594. The van der Waals surface area contributed by atoms with Gasteiger partial charge in [0.05, 0.1) is 0 Å². The number of nitrogens with one attached hydrogen (secondary N) is 2. The number of para-hydroxylation sites is 1. The molecule has 102 valence electrons. The van der Waals surface area contributed by atoms with Crippen molar-refractivity contribution in [2.24, 2.45) is 0 Å². The molecule has 1 heterocycles. The summed E-state index contributed by atoms with van der Waals surface area (Å²) in [6, 6.07) is 16.1. The third-order valence-electron chi connectivity index (χ3n) is 3.67. The van der Waals surface area contributed by atoms with Crippen LogP contribution >= 0.6 is 0 Å². The monoisotopic (exact) mass is 266 g/mol. The first kappa shape index (κ1) is 12.7. The molecule has 0 bridgehead atoms. The van der Waals surface area contributed by atoms with Crippen LogP contribution in [-0.4, -0.2) is 11.9 Å². The van der Waals surface area contributed by atoms with E-state index >= 15 is 0 Å². The molecule has 3 rings (SSSR count). The van der Waals surface area contributed by atoms with Crippen molar-refractivity contribution in [2.75, 3.05) is 5.32 Å². The third-order valence-corrected chi connectivity index (χ3v) is 3.67. The molecule has 1 amide bonds. The van der Waals surface area contributed by atoms with Crippen LogP contribution in [0.2, 0.25) is 0 Å². The summed E-state index contributed by atoms with van der Waals surface area (Å²) in [5, 5.41) is 6.26. The second kappa shape index (κ2) is 5.37. The predicted molar refractivity (Wildman–Crippen MR) is 80.6 cm³/mol. The van der Waals surface area contributed by atoms with Crippen LogP contribution in [0.4, 0.5) is 5.69 Å². The van der Waals surface area contributed by atoms with Gasteiger partial charge in [-0.25, -0.2) is 0 Å². The number of rotatable bonds is 3. The average molecular weight is 266 g/mol. The van der Waals surface area contributed by atoms with Crippen molar-refractivity contribution in [3.8, 4) is 0 Å². The Morgan fingerprint density at radius 3 is 2.70 bits per heavy atom. The van der Waals surface area contributed by atoms with Crippen LogP contribution in [0.15, 0.2) is 48.5 Å². The highest BCUT2D eigenvalue weighted by atomic mass is 16.2. The van der Waals surface area contributed by atoms with Gasteiger partial charge in [-0.3, -0.25) is 4.79 Å². The molecule has 0 aromatic heterocycles. The molecular formula is C17H18N2O. The zero-order valence-electron chi connectivity index (χ0n) is 11.5. The largest absolute Gasteiger partial charge is 0.373 e. The Balaban J connectivity index is 1.57. The maximum absolute atomic E-state index is 12.2. The van der Waals surface area contributed by atoms with E-state index in [1.807, 2.05) is 30.3 Å². The molecule has 3 heteroatoms. The van der Waals surface area contributed by atoms with Gasteiger partial charge in [-0.15, -0.1) is 0 Å². The van der Waals surface area contributed by atoms with Gasteiger partial charge in [0.15, 0.2) is 0 Å². The number of anilines is 1. The lowest BCUT2D eigenvalue weighted by Crippen LogP contribution is -2.38. The molecule has 0 fully saturated rings. The normalized spacial score (nSPS) is 16.4. The molecule has 0 spiro atoms. The molecule has 1 atom stereocenters.